The number of furan rings is 1. The molecule has 2 aromatic carbocycles. The van der Waals surface area contributed by atoms with Crippen molar-refractivity contribution in [3.8, 4) is 0 Å². The average Bonchev–Trinajstić information content (AvgIpc) is 3.14. The molecule has 4 rings (SSSR count). The Labute approximate surface area is 165 Å². The average molecular weight is 425 g/mol. The highest BCUT2D eigenvalue weighted by molar-refractivity contribution is 9.10. The SMILES string of the molecule is O=C(Nc1ccc2c(c1)CCCN2C(=O)c1ccccc1)c1ccc(Br)o1. The van der Waals surface area contributed by atoms with Gasteiger partial charge in [0.1, 0.15) is 0 Å². The number of rotatable bonds is 3. The number of nitrogens with zero attached hydrogens (tertiary/aromatic N) is 1. The fraction of sp³-hybridized carbons (Fsp3) is 0.143. The van der Waals surface area contributed by atoms with Crippen LogP contribution in [0.4, 0.5) is 11.4 Å². The molecular formula is C21H17BrN2O3. The number of amides is 2. The Balaban J connectivity index is 1.56. The van der Waals surface area contributed by atoms with Crippen molar-refractivity contribution in [3.05, 3.63) is 82.2 Å². The van der Waals surface area contributed by atoms with Crippen molar-refractivity contribution >= 4 is 39.1 Å². The van der Waals surface area contributed by atoms with E-state index in [9.17, 15) is 9.59 Å². The van der Waals surface area contributed by atoms with E-state index in [0.717, 1.165) is 24.1 Å². The van der Waals surface area contributed by atoms with Crippen LogP contribution in [0.5, 0.6) is 0 Å². The van der Waals surface area contributed by atoms with Crippen LogP contribution < -0.4 is 10.2 Å². The van der Waals surface area contributed by atoms with E-state index in [2.05, 4.69) is 21.2 Å². The van der Waals surface area contributed by atoms with E-state index >= 15 is 0 Å². The molecule has 0 aliphatic carbocycles. The summed E-state index contributed by atoms with van der Waals surface area (Å²) in [7, 11) is 0. The maximum absolute atomic E-state index is 12.9. The summed E-state index contributed by atoms with van der Waals surface area (Å²) in [4.78, 5) is 26.9. The normalized spacial score (nSPS) is 13.1. The molecule has 0 saturated carbocycles. The summed E-state index contributed by atoms with van der Waals surface area (Å²) in [6, 6.07) is 18.2. The van der Waals surface area contributed by atoms with Crippen molar-refractivity contribution in [1.29, 1.82) is 0 Å². The highest BCUT2D eigenvalue weighted by atomic mass is 79.9. The van der Waals surface area contributed by atoms with E-state index in [0.29, 0.717) is 22.5 Å². The van der Waals surface area contributed by atoms with Gasteiger partial charge in [-0.05, 0) is 76.8 Å². The largest absolute Gasteiger partial charge is 0.444 e. The van der Waals surface area contributed by atoms with Crippen LogP contribution in [0.15, 0.2) is 69.8 Å². The van der Waals surface area contributed by atoms with Crippen LogP contribution in [0.1, 0.15) is 32.9 Å². The van der Waals surface area contributed by atoms with Gasteiger partial charge in [-0.1, -0.05) is 18.2 Å². The predicted octanol–water partition coefficient (Wildman–Crippen LogP) is 4.89. The number of carbonyl (C=O) groups is 2. The molecule has 0 fully saturated rings. The smallest absolute Gasteiger partial charge is 0.291 e. The van der Waals surface area contributed by atoms with E-state index in [1.807, 2.05) is 53.4 Å². The molecule has 1 aliphatic rings. The molecule has 3 aromatic rings. The number of anilines is 2. The van der Waals surface area contributed by atoms with Gasteiger partial charge in [-0.15, -0.1) is 0 Å². The number of aryl methyl sites for hydroxylation is 1. The second-order valence-corrected chi connectivity index (χ2v) is 7.11. The van der Waals surface area contributed by atoms with Crippen molar-refractivity contribution < 1.29 is 14.0 Å². The topological polar surface area (TPSA) is 62.6 Å². The molecule has 2 heterocycles. The van der Waals surface area contributed by atoms with E-state index < -0.39 is 0 Å². The zero-order chi connectivity index (χ0) is 18.8. The van der Waals surface area contributed by atoms with E-state index in [4.69, 9.17) is 4.42 Å². The number of hydrogen-bond donors (Lipinski definition) is 1. The molecule has 2 amide bonds. The molecule has 0 saturated heterocycles. The minimum atomic E-state index is -0.311. The third-order valence-corrected chi connectivity index (χ3v) is 4.95. The number of halogens is 1. The summed E-state index contributed by atoms with van der Waals surface area (Å²) in [5.74, 6) is -0.0806. The standard InChI is InChI=1S/C21H17BrN2O3/c22-19-11-10-18(27-19)20(25)23-16-8-9-17-15(13-16)7-4-12-24(17)21(26)14-5-2-1-3-6-14/h1-3,5-6,8-11,13H,4,7,12H2,(H,23,25). The van der Waals surface area contributed by atoms with Crippen LogP contribution in [0.3, 0.4) is 0 Å². The predicted molar refractivity (Wildman–Crippen MR) is 107 cm³/mol. The zero-order valence-electron chi connectivity index (χ0n) is 14.4. The molecule has 0 bridgehead atoms. The molecule has 0 radical (unpaired) electrons. The van der Waals surface area contributed by atoms with Crippen LogP contribution in [0.2, 0.25) is 0 Å². The quantitative estimate of drug-likeness (QED) is 0.650. The Bertz CT molecular complexity index is 998. The minimum absolute atomic E-state index is 0.00577. The van der Waals surface area contributed by atoms with E-state index in [1.54, 1.807) is 12.1 Å². The van der Waals surface area contributed by atoms with Gasteiger partial charge in [-0.25, -0.2) is 0 Å². The maximum atomic E-state index is 12.9. The summed E-state index contributed by atoms with van der Waals surface area (Å²) in [5.41, 5.74) is 3.30. The Hall–Kier alpha value is -2.86. The van der Waals surface area contributed by atoms with Gasteiger partial charge in [0.2, 0.25) is 0 Å². The Morgan fingerprint density at radius 2 is 1.85 bits per heavy atom. The monoisotopic (exact) mass is 424 g/mol. The minimum Gasteiger partial charge on any atom is -0.444 e. The summed E-state index contributed by atoms with van der Waals surface area (Å²) >= 11 is 3.19. The molecule has 0 spiro atoms. The number of hydrogen-bond acceptors (Lipinski definition) is 3. The van der Waals surface area contributed by atoms with Crippen molar-refractivity contribution in [2.45, 2.75) is 12.8 Å². The third-order valence-electron chi connectivity index (χ3n) is 4.52. The van der Waals surface area contributed by atoms with Crippen LogP contribution in [0, 0.1) is 0 Å². The highest BCUT2D eigenvalue weighted by Gasteiger charge is 2.24. The first kappa shape index (κ1) is 17.5. The van der Waals surface area contributed by atoms with E-state index in [1.165, 1.54) is 0 Å². The van der Waals surface area contributed by atoms with Crippen LogP contribution in [-0.4, -0.2) is 18.4 Å². The van der Waals surface area contributed by atoms with Gasteiger partial charge in [0.25, 0.3) is 11.8 Å². The number of nitrogens with one attached hydrogen (secondary N) is 1. The second kappa shape index (κ2) is 7.40. The van der Waals surface area contributed by atoms with Crippen molar-refractivity contribution in [3.63, 3.8) is 0 Å². The van der Waals surface area contributed by atoms with Gasteiger partial charge in [0.05, 0.1) is 0 Å². The molecule has 1 aliphatic heterocycles. The van der Waals surface area contributed by atoms with Gasteiger partial charge < -0.3 is 14.6 Å². The fourth-order valence-electron chi connectivity index (χ4n) is 3.25. The first-order chi connectivity index (χ1) is 13.1. The Morgan fingerprint density at radius 1 is 1.04 bits per heavy atom. The van der Waals surface area contributed by atoms with Gasteiger partial charge in [0, 0.05) is 23.5 Å². The van der Waals surface area contributed by atoms with Crippen molar-refractivity contribution in [1.82, 2.24) is 0 Å². The zero-order valence-corrected chi connectivity index (χ0v) is 16.0. The van der Waals surface area contributed by atoms with Crippen LogP contribution in [-0.2, 0) is 6.42 Å². The summed E-state index contributed by atoms with van der Waals surface area (Å²) in [5, 5.41) is 2.84. The first-order valence-corrected chi connectivity index (χ1v) is 9.47. The van der Waals surface area contributed by atoms with Gasteiger partial charge in [-0.3, -0.25) is 9.59 Å². The molecular weight excluding hydrogens is 408 g/mol. The molecule has 5 nitrogen and oxygen atoms in total. The molecule has 6 heteroatoms. The number of carbonyl (C=O) groups excluding carboxylic acids is 2. The lowest BCUT2D eigenvalue weighted by Crippen LogP contribution is -2.35. The highest BCUT2D eigenvalue weighted by Crippen LogP contribution is 2.31. The van der Waals surface area contributed by atoms with Gasteiger partial charge in [0.15, 0.2) is 10.4 Å². The second-order valence-electron chi connectivity index (χ2n) is 6.33. The lowest BCUT2D eigenvalue weighted by atomic mass is 10.00. The van der Waals surface area contributed by atoms with Crippen LogP contribution >= 0.6 is 15.9 Å². The van der Waals surface area contributed by atoms with Crippen molar-refractivity contribution in [2.75, 3.05) is 16.8 Å². The maximum Gasteiger partial charge on any atom is 0.291 e. The summed E-state index contributed by atoms with van der Waals surface area (Å²) < 4.78 is 5.79. The van der Waals surface area contributed by atoms with Gasteiger partial charge in [-0.2, -0.15) is 0 Å². The lowest BCUT2D eigenvalue weighted by molar-refractivity contribution is 0.0980. The molecule has 27 heavy (non-hydrogen) atoms. The first-order valence-electron chi connectivity index (χ1n) is 8.68. The van der Waals surface area contributed by atoms with Crippen LogP contribution in [0.25, 0.3) is 0 Å². The number of benzene rings is 2. The Kier molecular flexibility index (Phi) is 4.81. The lowest BCUT2D eigenvalue weighted by Gasteiger charge is -2.30. The van der Waals surface area contributed by atoms with Gasteiger partial charge >= 0.3 is 0 Å². The summed E-state index contributed by atoms with van der Waals surface area (Å²) in [6.07, 6.45) is 1.75. The molecule has 0 atom stereocenters. The van der Waals surface area contributed by atoms with E-state index in [-0.39, 0.29) is 17.6 Å². The third kappa shape index (κ3) is 3.66. The fourth-order valence-corrected chi connectivity index (χ4v) is 3.56. The molecule has 136 valence electrons. The molecule has 0 unspecified atom stereocenters. The Morgan fingerprint density at radius 3 is 2.59 bits per heavy atom. The molecule has 1 aromatic heterocycles. The number of fused-ring (bicyclic) bond motifs is 1. The van der Waals surface area contributed by atoms with Crippen molar-refractivity contribution in [2.24, 2.45) is 0 Å². The summed E-state index contributed by atoms with van der Waals surface area (Å²) in [6.45, 7) is 0.687. The molecule has 1 N–H and O–H groups in total.